The zero-order chi connectivity index (χ0) is 15.2. The highest BCUT2D eigenvalue weighted by atomic mass is 19.1. The number of methoxy groups -OCH3 is 2. The van der Waals surface area contributed by atoms with E-state index in [0.29, 0.717) is 18.2 Å². The molecule has 0 amide bonds. The summed E-state index contributed by atoms with van der Waals surface area (Å²) in [7, 11) is 2.93. The first-order chi connectivity index (χ1) is 10.2. The lowest BCUT2D eigenvalue weighted by Crippen LogP contribution is -2.08. The minimum Gasteiger partial charge on any atom is -0.497 e. The number of benzene rings is 1. The Morgan fingerprint density at radius 3 is 2.57 bits per heavy atom. The number of halogens is 1. The SMILES string of the molecule is CCCNc1nc(OC)nc(-c2ccc(OC)cc2F)n1. The van der Waals surface area contributed by atoms with E-state index in [1.54, 1.807) is 12.1 Å². The van der Waals surface area contributed by atoms with Gasteiger partial charge in [0.25, 0.3) is 0 Å². The van der Waals surface area contributed by atoms with Crippen molar-refractivity contribution in [1.29, 1.82) is 0 Å². The number of nitrogens with one attached hydrogen (secondary N) is 1. The van der Waals surface area contributed by atoms with E-state index in [4.69, 9.17) is 9.47 Å². The molecule has 2 aromatic rings. The standard InChI is InChI=1S/C14H17FN4O2/c1-4-7-16-13-17-12(18-14(19-13)21-3)10-6-5-9(20-2)8-11(10)15/h5-6,8H,4,7H2,1-3H3,(H,16,17,18,19). The van der Waals surface area contributed by atoms with Gasteiger partial charge in [0.2, 0.25) is 5.95 Å². The minimum atomic E-state index is -0.468. The average Bonchev–Trinajstić information content (AvgIpc) is 2.52. The minimum absolute atomic E-state index is 0.133. The van der Waals surface area contributed by atoms with Crippen molar-refractivity contribution in [3.8, 4) is 23.1 Å². The Labute approximate surface area is 122 Å². The largest absolute Gasteiger partial charge is 0.497 e. The van der Waals surface area contributed by atoms with E-state index >= 15 is 0 Å². The number of ether oxygens (including phenoxy) is 2. The molecule has 0 saturated carbocycles. The smallest absolute Gasteiger partial charge is 0.321 e. The second-order valence-corrected chi connectivity index (χ2v) is 4.24. The van der Waals surface area contributed by atoms with Crippen molar-refractivity contribution in [2.24, 2.45) is 0 Å². The van der Waals surface area contributed by atoms with E-state index in [9.17, 15) is 4.39 Å². The van der Waals surface area contributed by atoms with Gasteiger partial charge in [0.1, 0.15) is 11.6 Å². The molecule has 0 atom stereocenters. The van der Waals surface area contributed by atoms with Gasteiger partial charge in [-0.05, 0) is 18.6 Å². The van der Waals surface area contributed by atoms with E-state index in [0.717, 1.165) is 6.42 Å². The van der Waals surface area contributed by atoms with Crippen LogP contribution in [0.3, 0.4) is 0 Å². The van der Waals surface area contributed by atoms with Crippen molar-refractivity contribution < 1.29 is 13.9 Å². The normalized spacial score (nSPS) is 10.3. The monoisotopic (exact) mass is 292 g/mol. The molecule has 0 aliphatic carbocycles. The van der Waals surface area contributed by atoms with E-state index in [1.165, 1.54) is 20.3 Å². The molecule has 1 aromatic heterocycles. The van der Waals surface area contributed by atoms with E-state index < -0.39 is 5.82 Å². The Morgan fingerprint density at radius 2 is 1.95 bits per heavy atom. The molecular weight excluding hydrogens is 275 g/mol. The third-order valence-corrected chi connectivity index (χ3v) is 2.75. The average molecular weight is 292 g/mol. The van der Waals surface area contributed by atoms with Crippen molar-refractivity contribution in [3.63, 3.8) is 0 Å². The molecule has 21 heavy (non-hydrogen) atoms. The van der Waals surface area contributed by atoms with Crippen molar-refractivity contribution in [3.05, 3.63) is 24.0 Å². The van der Waals surface area contributed by atoms with Gasteiger partial charge in [0.15, 0.2) is 5.82 Å². The second-order valence-electron chi connectivity index (χ2n) is 4.24. The fraction of sp³-hybridized carbons (Fsp3) is 0.357. The van der Waals surface area contributed by atoms with Gasteiger partial charge in [0.05, 0.1) is 19.8 Å². The summed E-state index contributed by atoms with van der Waals surface area (Å²) in [5.74, 6) is 0.528. The Morgan fingerprint density at radius 1 is 1.14 bits per heavy atom. The molecule has 1 N–H and O–H groups in total. The fourth-order valence-corrected chi connectivity index (χ4v) is 1.69. The molecular formula is C14H17FN4O2. The van der Waals surface area contributed by atoms with Gasteiger partial charge in [-0.2, -0.15) is 15.0 Å². The number of nitrogens with zero attached hydrogens (tertiary/aromatic N) is 3. The lowest BCUT2D eigenvalue weighted by molar-refractivity contribution is 0.379. The number of hydrogen-bond donors (Lipinski definition) is 1. The van der Waals surface area contributed by atoms with Gasteiger partial charge in [-0.3, -0.25) is 0 Å². The van der Waals surface area contributed by atoms with Crippen LogP contribution in [0.1, 0.15) is 13.3 Å². The summed E-state index contributed by atoms with van der Waals surface area (Å²) in [5.41, 5.74) is 0.260. The third kappa shape index (κ3) is 3.56. The molecule has 0 bridgehead atoms. The molecule has 0 radical (unpaired) electrons. The third-order valence-electron chi connectivity index (χ3n) is 2.75. The maximum atomic E-state index is 14.1. The number of anilines is 1. The van der Waals surface area contributed by atoms with E-state index in [2.05, 4.69) is 20.3 Å². The van der Waals surface area contributed by atoms with Crippen molar-refractivity contribution in [2.45, 2.75) is 13.3 Å². The van der Waals surface area contributed by atoms with Crippen LogP contribution >= 0.6 is 0 Å². The molecule has 7 heteroatoms. The van der Waals surface area contributed by atoms with E-state index in [1.807, 2.05) is 6.92 Å². The predicted molar refractivity (Wildman–Crippen MR) is 77.1 cm³/mol. The lowest BCUT2D eigenvalue weighted by atomic mass is 10.2. The molecule has 0 unspecified atom stereocenters. The Hall–Kier alpha value is -2.44. The van der Waals surface area contributed by atoms with Crippen LogP contribution < -0.4 is 14.8 Å². The van der Waals surface area contributed by atoms with Crippen molar-refractivity contribution >= 4 is 5.95 Å². The lowest BCUT2D eigenvalue weighted by Gasteiger charge is -2.08. The van der Waals surface area contributed by atoms with Crippen LogP contribution in [0.15, 0.2) is 18.2 Å². The first kappa shape index (κ1) is 15.0. The van der Waals surface area contributed by atoms with Gasteiger partial charge in [0, 0.05) is 12.6 Å². The second kappa shape index (κ2) is 6.83. The molecule has 112 valence electrons. The number of aromatic nitrogens is 3. The summed E-state index contributed by atoms with van der Waals surface area (Å²) in [5, 5.41) is 3.03. The summed E-state index contributed by atoms with van der Waals surface area (Å²) in [4.78, 5) is 12.4. The highest BCUT2D eigenvalue weighted by Crippen LogP contribution is 2.25. The highest BCUT2D eigenvalue weighted by molar-refractivity contribution is 5.58. The maximum Gasteiger partial charge on any atom is 0.321 e. The number of hydrogen-bond acceptors (Lipinski definition) is 6. The van der Waals surface area contributed by atoms with Crippen LogP contribution in [0.5, 0.6) is 11.8 Å². The van der Waals surface area contributed by atoms with Gasteiger partial charge in [-0.15, -0.1) is 0 Å². The Balaban J connectivity index is 2.42. The molecule has 0 fully saturated rings. The summed E-state index contributed by atoms with van der Waals surface area (Å²) in [6.07, 6.45) is 0.917. The predicted octanol–water partition coefficient (Wildman–Crippen LogP) is 2.52. The van der Waals surface area contributed by atoms with E-state index in [-0.39, 0.29) is 17.4 Å². The number of rotatable bonds is 6. The summed E-state index contributed by atoms with van der Waals surface area (Å²) >= 11 is 0. The quantitative estimate of drug-likeness (QED) is 0.882. The molecule has 0 aliphatic heterocycles. The summed E-state index contributed by atoms with van der Waals surface area (Å²) in [6, 6.07) is 4.62. The zero-order valence-electron chi connectivity index (χ0n) is 12.2. The Bertz CT molecular complexity index is 622. The molecule has 1 aromatic carbocycles. The highest BCUT2D eigenvalue weighted by Gasteiger charge is 2.13. The fourth-order valence-electron chi connectivity index (χ4n) is 1.69. The molecule has 1 heterocycles. The van der Waals surface area contributed by atoms with Crippen LogP contribution in [0.4, 0.5) is 10.3 Å². The van der Waals surface area contributed by atoms with Gasteiger partial charge in [-0.25, -0.2) is 4.39 Å². The summed E-state index contributed by atoms with van der Waals surface area (Å²) in [6.45, 7) is 2.73. The zero-order valence-corrected chi connectivity index (χ0v) is 12.2. The van der Waals surface area contributed by atoms with Crippen molar-refractivity contribution in [1.82, 2.24) is 15.0 Å². The first-order valence-electron chi connectivity index (χ1n) is 6.55. The van der Waals surface area contributed by atoms with Crippen molar-refractivity contribution in [2.75, 3.05) is 26.1 Å². The molecule has 0 spiro atoms. The topological polar surface area (TPSA) is 69.2 Å². The van der Waals surface area contributed by atoms with Crippen LogP contribution in [-0.4, -0.2) is 35.7 Å². The maximum absolute atomic E-state index is 14.1. The van der Waals surface area contributed by atoms with Gasteiger partial charge >= 0.3 is 6.01 Å². The van der Waals surface area contributed by atoms with Gasteiger partial charge in [-0.1, -0.05) is 6.92 Å². The Kier molecular flexibility index (Phi) is 4.86. The van der Waals surface area contributed by atoms with Crippen LogP contribution in [0.25, 0.3) is 11.4 Å². The molecule has 0 saturated heterocycles. The van der Waals surface area contributed by atoms with Gasteiger partial charge < -0.3 is 14.8 Å². The molecule has 2 rings (SSSR count). The molecule has 0 aliphatic rings. The van der Waals surface area contributed by atoms with Crippen LogP contribution in [0.2, 0.25) is 0 Å². The first-order valence-corrected chi connectivity index (χ1v) is 6.55. The molecule has 6 nitrogen and oxygen atoms in total. The van der Waals surface area contributed by atoms with Crippen LogP contribution in [-0.2, 0) is 0 Å². The van der Waals surface area contributed by atoms with Crippen LogP contribution in [0, 0.1) is 5.82 Å². The summed E-state index contributed by atoms with van der Waals surface area (Å²) < 4.78 is 24.1.